The van der Waals surface area contributed by atoms with E-state index in [-0.39, 0.29) is 12.5 Å². The van der Waals surface area contributed by atoms with Gasteiger partial charge in [0, 0.05) is 6.42 Å². The van der Waals surface area contributed by atoms with E-state index in [1.165, 1.54) is 289 Å². The molecular weight excluding hydrogens is 1100 g/mol. The molecule has 89 heavy (non-hydrogen) atoms. The number of ether oxygens (including phenoxy) is 2. The van der Waals surface area contributed by atoms with E-state index in [9.17, 15) is 30.3 Å². The van der Waals surface area contributed by atoms with Gasteiger partial charge in [-0.05, 0) is 57.8 Å². The molecule has 0 radical (unpaired) electrons. The van der Waals surface area contributed by atoms with Gasteiger partial charge in [0.05, 0.1) is 25.4 Å². The van der Waals surface area contributed by atoms with Gasteiger partial charge in [-0.2, -0.15) is 0 Å². The molecule has 1 amide bonds. The Morgan fingerprint density at radius 2 is 0.697 bits per heavy atom. The van der Waals surface area contributed by atoms with Crippen LogP contribution in [0.25, 0.3) is 0 Å². The first-order valence-electron chi connectivity index (χ1n) is 39.0. The molecule has 522 valence electrons. The molecule has 7 atom stereocenters. The van der Waals surface area contributed by atoms with Gasteiger partial charge in [-0.15, -0.1) is 0 Å². The number of hydrogen-bond donors (Lipinski definition) is 6. The lowest BCUT2D eigenvalue weighted by Gasteiger charge is -2.40. The summed E-state index contributed by atoms with van der Waals surface area (Å²) in [7, 11) is 0. The summed E-state index contributed by atoms with van der Waals surface area (Å²) in [6.07, 6.45) is 89.0. The highest BCUT2D eigenvalue weighted by Crippen LogP contribution is 2.24. The summed E-state index contributed by atoms with van der Waals surface area (Å²) in [4.78, 5) is 13.2. The van der Waals surface area contributed by atoms with Crippen LogP contribution >= 0.6 is 0 Å². The van der Waals surface area contributed by atoms with E-state index >= 15 is 0 Å². The predicted molar refractivity (Wildman–Crippen MR) is 382 cm³/mol. The average Bonchev–Trinajstić information content (AvgIpc) is 2.59. The third-order valence-electron chi connectivity index (χ3n) is 18.6. The smallest absolute Gasteiger partial charge is 0.220 e. The Hall–Kier alpha value is -2.11. The SMILES string of the molecule is CC/C=C\C/C=C\C/C=C\C/C=C\C/C=C\CCCCCCCCCCCCCCCCCCCCCCCCCCCC(=O)NC(COC1OC(CO)C(O)C(O)C1O)C(O)CCCCCCCCCCCCCCCCCCCCCCCCCCC. The zero-order chi connectivity index (χ0) is 64.2. The molecule has 1 saturated heterocycles. The van der Waals surface area contributed by atoms with Gasteiger partial charge in [0.1, 0.15) is 24.4 Å². The Kier molecular flexibility index (Phi) is 65.6. The van der Waals surface area contributed by atoms with Gasteiger partial charge in [-0.1, -0.05) is 383 Å². The number of aliphatic hydroxyl groups excluding tert-OH is 5. The molecule has 7 unspecified atom stereocenters. The van der Waals surface area contributed by atoms with E-state index in [1.807, 2.05) is 0 Å². The molecule has 1 fully saturated rings. The van der Waals surface area contributed by atoms with E-state index in [4.69, 9.17) is 9.47 Å². The van der Waals surface area contributed by atoms with Crippen molar-refractivity contribution in [2.24, 2.45) is 0 Å². The zero-order valence-corrected chi connectivity index (χ0v) is 58.7. The fourth-order valence-electron chi connectivity index (χ4n) is 12.6. The molecule has 0 aromatic rings. The number of hydrogen-bond acceptors (Lipinski definition) is 8. The summed E-state index contributed by atoms with van der Waals surface area (Å²) in [5.41, 5.74) is 0. The van der Waals surface area contributed by atoms with Gasteiger partial charge in [-0.3, -0.25) is 4.79 Å². The van der Waals surface area contributed by atoms with Crippen LogP contribution in [0.3, 0.4) is 0 Å². The van der Waals surface area contributed by atoms with Gasteiger partial charge < -0.3 is 40.3 Å². The lowest BCUT2D eigenvalue weighted by Crippen LogP contribution is -2.60. The summed E-state index contributed by atoms with van der Waals surface area (Å²) < 4.78 is 11.4. The van der Waals surface area contributed by atoms with Crippen molar-refractivity contribution in [1.82, 2.24) is 5.32 Å². The van der Waals surface area contributed by atoms with Gasteiger partial charge in [-0.25, -0.2) is 0 Å². The Morgan fingerprint density at radius 3 is 1.03 bits per heavy atom. The lowest BCUT2D eigenvalue weighted by molar-refractivity contribution is -0.302. The molecule has 1 aliphatic rings. The normalized spacial score (nSPS) is 18.1. The monoisotopic (exact) mass is 1250 g/mol. The van der Waals surface area contributed by atoms with Gasteiger partial charge >= 0.3 is 0 Å². The van der Waals surface area contributed by atoms with Crippen molar-refractivity contribution < 1.29 is 39.8 Å². The van der Waals surface area contributed by atoms with Crippen LogP contribution < -0.4 is 5.32 Å². The molecule has 0 aromatic carbocycles. The maximum absolute atomic E-state index is 13.2. The van der Waals surface area contributed by atoms with Crippen LogP contribution in [0.2, 0.25) is 0 Å². The predicted octanol–water partition coefficient (Wildman–Crippen LogP) is 22.1. The molecule has 1 rings (SSSR count). The Bertz CT molecular complexity index is 1600. The highest BCUT2D eigenvalue weighted by molar-refractivity contribution is 5.76. The van der Waals surface area contributed by atoms with E-state index in [0.717, 1.165) is 70.6 Å². The van der Waals surface area contributed by atoms with E-state index in [1.54, 1.807) is 0 Å². The molecule has 1 aliphatic heterocycles. The van der Waals surface area contributed by atoms with Gasteiger partial charge in [0.25, 0.3) is 0 Å². The minimum absolute atomic E-state index is 0.134. The van der Waals surface area contributed by atoms with Crippen LogP contribution in [-0.2, 0) is 14.3 Å². The fraction of sp³-hybridized carbons (Fsp3) is 0.863. The minimum atomic E-state index is -1.55. The first kappa shape index (κ1) is 84.9. The molecule has 6 N–H and O–H groups in total. The van der Waals surface area contributed by atoms with Crippen molar-refractivity contribution in [2.75, 3.05) is 13.2 Å². The molecule has 9 nitrogen and oxygen atoms in total. The Balaban J connectivity index is 2.03. The number of unbranched alkanes of at least 4 members (excludes halogenated alkanes) is 49. The summed E-state index contributed by atoms with van der Waals surface area (Å²) in [6.45, 7) is 3.78. The van der Waals surface area contributed by atoms with Crippen molar-refractivity contribution in [3.8, 4) is 0 Å². The van der Waals surface area contributed by atoms with Gasteiger partial charge in [0.15, 0.2) is 6.29 Å². The number of allylic oxidation sites excluding steroid dienone is 10. The number of aliphatic hydroxyl groups is 5. The summed E-state index contributed by atoms with van der Waals surface area (Å²) in [5, 5.41) is 55.0. The second-order valence-electron chi connectivity index (χ2n) is 27.1. The summed E-state index contributed by atoms with van der Waals surface area (Å²) >= 11 is 0. The van der Waals surface area contributed by atoms with Crippen LogP contribution in [-0.4, -0.2) is 87.5 Å². The first-order valence-corrected chi connectivity index (χ1v) is 39.0. The largest absolute Gasteiger partial charge is 0.394 e. The standard InChI is InChI=1S/C80H149NO8/c1-3-5-7-9-11-13-15-17-19-21-23-25-27-29-30-31-32-33-34-35-36-37-38-39-40-41-42-43-44-46-48-50-52-54-56-58-60-62-64-66-68-70-76(84)81-73(72-88-80-79(87)78(86)77(85)75(71-82)89-80)74(83)69-67-65-63-61-59-57-55-53-51-49-47-45-28-26-24-22-20-18-16-14-12-10-8-6-4-2/h5,7,11,13,17,19,23,25,29-30,73-75,77-80,82-83,85-87H,3-4,6,8-10,12,14-16,18,20-22,24,26-28,31-72H2,1-2H3,(H,81,84)/b7-5-,13-11-,19-17-,25-23-,30-29-. The molecule has 9 heteroatoms. The van der Waals surface area contributed by atoms with Crippen molar-refractivity contribution in [2.45, 2.75) is 429 Å². The van der Waals surface area contributed by atoms with E-state index in [2.05, 4.69) is 79.9 Å². The number of amides is 1. The second kappa shape index (κ2) is 68.7. The summed E-state index contributed by atoms with van der Waals surface area (Å²) in [5.74, 6) is -0.136. The molecule has 0 bridgehead atoms. The zero-order valence-electron chi connectivity index (χ0n) is 58.7. The highest BCUT2D eigenvalue weighted by Gasteiger charge is 2.44. The third kappa shape index (κ3) is 57.1. The quantitative estimate of drug-likeness (QED) is 0.0261. The van der Waals surface area contributed by atoms with Crippen LogP contribution in [0.1, 0.15) is 386 Å². The number of nitrogens with one attached hydrogen (secondary N) is 1. The molecular formula is C80H149NO8. The maximum atomic E-state index is 13.2. The van der Waals surface area contributed by atoms with E-state index < -0.39 is 49.5 Å². The third-order valence-corrected chi connectivity index (χ3v) is 18.6. The molecule has 0 saturated carbocycles. The Morgan fingerprint density at radius 1 is 0.393 bits per heavy atom. The van der Waals surface area contributed by atoms with E-state index in [0.29, 0.717) is 12.8 Å². The van der Waals surface area contributed by atoms with Crippen LogP contribution in [0.5, 0.6) is 0 Å². The van der Waals surface area contributed by atoms with Crippen molar-refractivity contribution >= 4 is 5.91 Å². The van der Waals surface area contributed by atoms with Crippen molar-refractivity contribution in [3.05, 3.63) is 60.8 Å². The van der Waals surface area contributed by atoms with Crippen LogP contribution in [0, 0.1) is 0 Å². The molecule has 1 heterocycles. The highest BCUT2D eigenvalue weighted by atomic mass is 16.7. The molecule has 0 aliphatic carbocycles. The number of carbonyl (C=O) groups excluding carboxylic acids is 1. The second-order valence-corrected chi connectivity index (χ2v) is 27.1. The maximum Gasteiger partial charge on any atom is 0.220 e. The van der Waals surface area contributed by atoms with Crippen LogP contribution in [0.4, 0.5) is 0 Å². The fourth-order valence-corrected chi connectivity index (χ4v) is 12.6. The topological polar surface area (TPSA) is 149 Å². The number of carbonyl (C=O) groups is 1. The molecule has 0 aromatic heterocycles. The number of rotatable bonds is 69. The Labute approximate surface area is 551 Å². The molecule has 0 spiro atoms. The van der Waals surface area contributed by atoms with Crippen molar-refractivity contribution in [3.63, 3.8) is 0 Å². The minimum Gasteiger partial charge on any atom is -0.394 e. The van der Waals surface area contributed by atoms with Crippen molar-refractivity contribution in [1.29, 1.82) is 0 Å². The first-order chi connectivity index (χ1) is 43.8. The summed E-state index contributed by atoms with van der Waals surface area (Å²) in [6, 6.07) is -0.720. The lowest BCUT2D eigenvalue weighted by atomic mass is 9.99. The van der Waals surface area contributed by atoms with Crippen LogP contribution in [0.15, 0.2) is 60.8 Å². The van der Waals surface area contributed by atoms with Gasteiger partial charge in [0.2, 0.25) is 5.91 Å². The average molecular weight is 1250 g/mol.